The van der Waals surface area contributed by atoms with Gasteiger partial charge in [0, 0.05) is 28.2 Å². The van der Waals surface area contributed by atoms with Crippen LogP contribution in [0.1, 0.15) is 11.1 Å². The highest BCUT2D eigenvalue weighted by molar-refractivity contribution is 6.31. The van der Waals surface area contributed by atoms with Crippen molar-refractivity contribution in [1.82, 2.24) is 0 Å². The van der Waals surface area contributed by atoms with Crippen LogP contribution in [0.5, 0.6) is 5.75 Å². The zero-order valence-corrected chi connectivity index (χ0v) is 20.7. The normalized spacial score (nSPS) is 10.9. The van der Waals surface area contributed by atoms with Gasteiger partial charge < -0.3 is 15.0 Å². The number of halogens is 1. The van der Waals surface area contributed by atoms with Gasteiger partial charge in [0.1, 0.15) is 17.4 Å². The Morgan fingerprint density at radius 1 is 0.917 bits per heavy atom. The number of hydrogen-bond donors (Lipinski definition) is 1. The number of para-hydroxylation sites is 2. The summed E-state index contributed by atoms with van der Waals surface area (Å²) in [5.74, 6) is -0.112. The molecule has 0 fully saturated rings. The molecule has 4 aromatic rings. The fourth-order valence-electron chi connectivity index (χ4n) is 3.76. The van der Waals surface area contributed by atoms with Crippen LogP contribution in [0.2, 0.25) is 5.02 Å². The third kappa shape index (κ3) is 5.57. The molecular weight excluding hydrogens is 470 g/mol. The Morgan fingerprint density at radius 2 is 1.47 bits per heavy atom. The Bertz CT molecular complexity index is 1390. The number of rotatable bonds is 7. The van der Waals surface area contributed by atoms with Gasteiger partial charge in [-0.05, 0) is 66.6 Å². The van der Waals surface area contributed by atoms with Crippen LogP contribution in [-0.4, -0.2) is 13.0 Å². The Kier molecular flexibility index (Phi) is 7.69. The van der Waals surface area contributed by atoms with Gasteiger partial charge in [-0.2, -0.15) is 5.26 Å². The molecule has 0 aromatic heterocycles. The van der Waals surface area contributed by atoms with Crippen molar-refractivity contribution in [2.24, 2.45) is 0 Å². The Balaban J connectivity index is 1.61. The number of ether oxygens (including phenoxy) is 1. The average molecular weight is 494 g/mol. The third-order valence-corrected chi connectivity index (χ3v) is 5.99. The summed E-state index contributed by atoms with van der Waals surface area (Å²) in [6.45, 7) is 1.83. The van der Waals surface area contributed by atoms with Gasteiger partial charge in [-0.3, -0.25) is 4.79 Å². The van der Waals surface area contributed by atoms with E-state index in [1.807, 2.05) is 97.9 Å². The molecule has 0 radical (unpaired) electrons. The van der Waals surface area contributed by atoms with Crippen LogP contribution in [0.4, 0.5) is 22.7 Å². The number of benzene rings is 4. The van der Waals surface area contributed by atoms with E-state index < -0.39 is 5.91 Å². The summed E-state index contributed by atoms with van der Waals surface area (Å²) in [5, 5.41) is 12.9. The Labute approximate surface area is 215 Å². The van der Waals surface area contributed by atoms with E-state index in [0.29, 0.717) is 16.5 Å². The summed E-state index contributed by atoms with van der Waals surface area (Å²) in [5.41, 5.74) is 4.93. The average Bonchev–Trinajstić information content (AvgIpc) is 2.91. The number of nitrogens with zero attached hydrogens (tertiary/aromatic N) is 2. The van der Waals surface area contributed by atoms with Gasteiger partial charge in [0.15, 0.2) is 0 Å². The molecule has 1 N–H and O–H groups in total. The largest absolute Gasteiger partial charge is 0.495 e. The van der Waals surface area contributed by atoms with Gasteiger partial charge in [-0.15, -0.1) is 0 Å². The first kappa shape index (κ1) is 24.6. The van der Waals surface area contributed by atoms with Crippen molar-refractivity contribution < 1.29 is 9.53 Å². The van der Waals surface area contributed by atoms with E-state index in [9.17, 15) is 10.1 Å². The molecule has 0 heterocycles. The van der Waals surface area contributed by atoms with Gasteiger partial charge in [0.25, 0.3) is 5.91 Å². The SMILES string of the molecule is COc1cc(Cl)c(C)cc1NC(=O)/C(C#N)=C\c1ccc(N(c2ccccc2)c2ccccc2)cc1. The Hall–Kier alpha value is -4.53. The maximum absolute atomic E-state index is 12.9. The van der Waals surface area contributed by atoms with Crippen LogP contribution in [0, 0.1) is 18.3 Å². The van der Waals surface area contributed by atoms with Crippen LogP contribution in [0.15, 0.2) is 103 Å². The summed E-state index contributed by atoms with van der Waals surface area (Å²) >= 11 is 6.15. The molecule has 0 spiro atoms. The van der Waals surface area contributed by atoms with Crippen molar-refractivity contribution in [3.8, 4) is 11.8 Å². The lowest BCUT2D eigenvalue weighted by Crippen LogP contribution is -2.14. The van der Waals surface area contributed by atoms with Crippen LogP contribution < -0.4 is 15.0 Å². The number of amides is 1. The molecule has 0 atom stereocenters. The fourth-order valence-corrected chi connectivity index (χ4v) is 3.91. The monoisotopic (exact) mass is 493 g/mol. The zero-order chi connectivity index (χ0) is 25.5. The molecule has 0 unspecified atom stereocenters. The van der Waals surface area contributed by atoms with E-state index >= 15 is 0 Å². The van der Waals surface area contributed by atoms with Crippen molar-refractivity contribution in [3.05, 3.63) is 119 Å². The minimum absolute atomic E-state index is 0.0274. The molecule has 0 aliphatic heterocycles. The van der Waals surface area contributed by atoms with Gasteiger partial charge in [-0.1, -0.05) is 60.1 Å². The number of nitriles is 1. The maximum atomic E-state index is 12.9. The van der Waals surface area contributed by atoms with E-state index in [0.717, 1.165) is 28.2 Å². The molecule has 36 heavy (non-hydrogen) atoms. The van der Waals surface area contributed by atoms with Crippen molar-refractivity contribution in [1.29, 1.82) is 5.26 Å². The quantitative estimate of drug-likeness (QED) is 0.212. The highest BCUT2D eigenvalue weighted by atomic mass is 35.5. The molecule has 178 valence electrons. The summed E-state index contributed by atoms with van der Waals surface area (Å²) in [6.07, 6.45) is 1.56. The topological polar surface area (TPSA) is 65.4 Å². The zero-order valence-electron chi connectivity index (χ0n) is 19.9. The summed E-state index contributed by atoms with van der Waals surface area (Å²) in [4.78, 5) is 15.0. The standard InChI is InChI=1S/C30H24ClN3O2/c1-21-17-28(29(36-2)19-27(21)31)33-30(35)23(20-32)18-22-13-15-26(16-14-22)34(24-9-5-3-6-10-24)25-11-7-4-8-12-25/h3-19H,1-2H3,(H,33,35)/b23-18-. The molecule has 5 nitrogen and oxygen atoms in total. The molecule has 0 bridgehead atoms. The molecule has 1 amide bonds. The second-order valence-corrected chi connectivity index (χ2v) is 8.43. The van der Waals surface area contributed by atoms with Crippen molar-refractivity contribution >= 4 is 46.3 Å². The van der Waals surface area contributed by atoms with E-state index in [4.69, 9.17) is 16.3 Å². The number of hydrogen-bond acceptors (Lipinski definition) is 4. The lowest BCUT2D eigenvalue weighted by molar-refractivity contribution is -0.112. The lowest BCUT2D eigenvalue weighted by Gasteiger charge is -2.25. The first-order valence-electron chi connectivity index (χ1n) is 11.3. The summed E-state index contributed by atoms with van der Waals surface area (Å²) in [6, 6.07) is 33.2. The summed E-state index contributed by atoms with van der Waals surface area (Å²) in [7, 11) is 1.49. The van der Waals surface area contributed by atoms with E-state index in [2.05, 4.69) is 10.2 Å². The van der Waals surface area contributed by atoms with E-state index in [1.165, 1.54) is 7.11 Å². The number of anilines is 4. The predicted octanol–water partition coefficient (Wildman–Crippen LogP) is 7.67. The van der Waals surface area contributed by atoms with Gasteiger partial charge >= 0.3 is 0 Å². The molecule has 0 aliphatic rings. The van der Waals surface area contributed by atoms with Crippen molar-refractivity contribution in [2.75, 3.05) is 17.3 Å². The molecule has 6 heteroatoms. The minimum atomic E-state index is -0.531. The summed E-state index contributed by atoms with van der Waals surface area (Å²) < 4.78 is 5.32. The molecule has 4 aromatic carbocycles. The van der Waals surface area contributed by atoms with Crippen LogP contribution in [0.25, 0.3) is 6.08 Å². The van der Waals surface area contributed by atoms with Crippen LogP contribution >= 0.6 is 11.6 Å². The number of methoxy groups -OCH3 is 1. The van der Waals surface area contributed by atoms with E-state index in [1.54, 1.807) is 18.2 Å². The number of aryl methyl sites for hydroxylation is 1. The second-order valence-electron chi connectivity index (χ2n) is 8.02. The smallest absolute Gasteiger partial charge is 0.266 e. The van der Waals surface area contributed by atoms with Crippen LogP contribution in [-0.2, 0) is 4.79 Å². The molecule has 0 aliphatic carbocycles. The molecule has 0 saturated heterocycles. The number of carbonyl (C=O) groups is 1. The lowest BCUT2D eigenvalue weighted by atomic mass is 10.1. The molecule has 0 saturated carbocycles. The third-order valence-electron chi connectivity index (χ3n) is 5.59. The Morgan fingerprint density at radius 3 is 2.00 bits per heavy atom. The maximum Gasteiger partial charge on any atom is 0.266 e. The van der Waals surface area contributed by atoms with Crippen molar-refractivity contribution in [2.45, 2.75) is 6.92 Å². The predicted molar refractivity (Wildman–Crippen MR) is 146 cm³/mol. The second kappa shape index (κ2) is 11.3. The fraction of sp³-hybridized carbons (Fsp3) is 0.0667. The molecule has 4 rings (SSSR count). The minimum Gasteiger partial charge on any atom is -0.495 e. The van der Waals surface area contributed by atoms with E-state index in [-0.39, 0.29) is 5.57 Å². The first-order valence-corrected chi connectivity index (χ1v) is 11.7. The van der Waals surface area contributed by atoms with Gasteiger partial charge in [0.05, 0.1) is 12.8 Å². The molecular formula is C30H24ClN3O2. The highest BCUT2D eigenvalue weighted by Gasteiger charge is 2.15. The van der Waals surface area contributed by atoms with Crippen LogP contribution in [0.3, 0.4) is 0 Å². The first-order chi connectivity index (χ1) is 17.5. The van der Waals surface area contributed by atoms with Gasteiger partial charge in [0.2, 0.25) is 0 Å². The number of nitrogens with one attached hydrogen (secondary N) is 1. The number of carbonyl (C=O) groups excluding carboxylic acids is 1. The van der Waals surface area contributed by atoms with Crippen molar-refractivity contribution in [3.63, 3.8) is 0 Å². The van der Waals surface area contributed by atoms with Gasteiger partial charge in [-0.25, -0.2) is 0 Å². The highest BCUT2D eigenvalue weighted by Crippen LogP contribution is 2.34.